The molecule has 1 N–H and O–H groups in total. The van der Waals surface area contributed by atoms with Gasteiger partial charge in [-0.15, -0.1) is 0 Å². The minimum Gasteiger partial charge on any atom is -0.495 e. The molecule has 2 aromatic rings. The van der Waals surface area contributed by atoms with Crippen molar-refractivity contribution in [3.05, 3.63) is 46.2 Å². The van der Waals surface area contributed by atoms with E-state index in [9.17, 15) is 8.42 Å². The van der Waals surface area contributed by atoms with Crippen LogP contribution in [0.3, 0.4) is 0 Å². The molecule has 0 saturated heterocycles. The normalized spacial score (nSPS) is 11.2. The molecule has 0 saturated carbocycles. The predicted molar refractivity (Wildman–Crippen MR) is 80.7 cm³/mol. The van der Waals surface area contributed by atoms with Gasteiger partial charge >= 0.3 is 0 Å². The Morgan fingerprint density at radius 3 is 2.70 bits per heavy atom. The summed E-state index contributed by atoms with van der Waals surface area (Å²) in [5.41, 5.74) is 0.347. The van der Waals surface area contributed by atoms with Crippen LogP contribution >= 0.6 is 27.5 Å². The van der Waals surface area contributed by atoms with Crippen molar-refractivity contribution in [1.82, 2.24) is 4.98 Å². The number of halogens is 2. The van der Waals surface area contributed by atoms with E-state index in [1.165, 1.54) is 25.3 Å². The molecule has 0 atom stereocenters. The van der Waals surface area contributed by atoms with Gasteiger partial charge in [-0.1, -0.05) is 11.6 Å². The maximum absolute atomic E-state index is 12.2. The number of ether oxygens (including phenoxy) is 1. The highest BCUT2D eigenvalue weighted by atomic mass is 79.9. The molecule has 0 aliphatic heterocycles. The molecule has 2 rings (SSSR count). The summed E-state index contributed by atoms with van der Waals surface area (Å²) < 4.78 is 32.3. The number of anilines is 1. The first-order valence-electron chi connectivity index (χ1n) is 5.41. The van der Waals surface area contributed by atoms with Crippen LogP contribution < -0.4 is 9.46 Å². The number of sulfonamides is 1. The molecular weight excluding hydrogens is 368 g/mol. The lowest BCUT2D eigenvalue weighted by Crippen LogP contribution is -2.13. The highest BCUT2D eigenvalue weighted by Crippen LogP contribution is 2.28. The maximum Gasteiger partial charge on any atom is 0.262 e. The van der Waals surface area contributed by atoms with Crippen molar-refractivity contribution in [3.63, 3.8) is 0 Å². The molecule has 0 radical (unpaired) electrons. The fourth-order valence-corrected chi connectivity index (χ4v) is 3.38. The first kappa shape index (κ1) is 15.1. The predicted octanol–water partition coefficient (Wildman–Crippen LogP) is 3.31. The van der Waals surface area contributed by atoms with Gasteiger partial charge in [-0.3, -0.25) is 4.72 Å². The van der Waals surface area contributed by atoms with E-state index in [2.05, 4.69) is 25.6 Å². The number of aromatic nitrogens is 1. The van der Waals surface area contributed by atoms with E-state index in [1.54, 1.807) is 18.3 Å². The average molecular weight is 378 g/mol. The third-order valence-corrected chi connectivity index (χ3v) is 4.73. The van der Waals surface area contributed by atoms with Crippen LogP contribution in [-0.2, 0) is 10.0 Å². The Morgan fingerprint density at radius 1 is 1.35 bits per heavy atom. The Kier molecular flexibility index (Phi) is 4.52. The average Bonchev–Trinajstić information content (AvgIpc) is 2.41. The summed E-state index contributed by atoms with van der Waals surface area (Å²) in [5, 5.41) is 0.223. The van der Waals surface area contributed by atoms with E-state index < -0.39 is 10.0 Å². The summed E-state index contributed by atoms with van der Waals surface area (Å²) in [6.45, 7) is 0. The second kappa shape index (κ2) is 5.99. The number of methoxy groups -OCH3 is 1. The van der Waals surface area contributed by atoms with E-state index in [1.807, 2.05) is 0 Å². The van der Waals surface area contributed by atoms with Crippen molar-refractivity contribution in [2.24, 2.45) is 0 Å². The first-order chi connectivity index (χ1) is 9.44. The Balaban J connectivity index is 2.36. The maximum atomic E-state index is 12.2. The summed E-state index contributed by atoms with van der Waals surface area (Å²) in [6, 6.07) is 7.46. The second-order valence-corrected chi connectivity index (χ2v) is 6.58. The summed E-state index contributed by atoms with van der Waals surface area (Å²) in [5.74, 6) is 0.410. The zero-order valence-corrected chi connectivity index (χ0v) is 13.5. The number of benzene rings is 1. The van der Waals surface area contributed by atoms with E-state index in [-0.39, 0.29) is 9.92 Å². The van der Waals surface area contributed by atoms with Gasteiger partial charge in [0.2, 0.25) is 0 Å². The zero-order chi connectivity index (χ0) is 14.8. The van der Waals surface area contributed by atoms with Gasteiger partial charge in [-0.05, 0) is 46.3 Å². The molecule has 106 valence electrons. The molecule has 0 fully saturated rings. The number of nitrogens with zero attached hydrogens (tertiary/aromatic N) is 1. The quantitative estimate of drug-likeness (QED) is 0.830. The van der Waals surface area contributed by atoms with Gasteiger partial charge in [0.1, 0.15) is 10.4 Å². The van der Waals surface area contributed by atoms with Crippen LogP contribution in [0.4, 0.5) is 5.69 Å². The molecule has 0 unspecified atom stereocenters. The van der Waals surface area contributed by atoms with Crippen molar-refractivity contribution >= 4 is 43.2 Å². The summed E-state index contributed by atoms with van der Waals surface area (Å²) >= 11 is 9.11. The van der Waals surface area contributed by atoms with Crippen LogP contribution in [0.1, 0.15) is 0 Å². The van der Waals surface area contributed by atoms with E-state index in [0.717, 1.165) is 0 Å². The number of hydrogen-bond donors (Lipinski definition) is 1. The van der Waals surface area contributed by atoms with Crippen LogP contribution in [0.2, 0.25) is 5.02 Å². The Bertz CT molecular complexity index is 737. The van der Waals surface area contributed by atoms with Gasteiger partial charge in [0, 0.05) is 6.20 Å². The molecule has 1 aromatic heterocycles. The van der Waals surface area contributed by atoms with Crippen LogP contribution in [0.5, 0.6) is 5.75 Å². The third-order valence-electron chi connectivity index (χ3n) is 2.44. The van der Waals surface area contributed by atoms with Crippen LogP contribution in [0.15, 0.2) is 46.0 Å². The SMILES string of the molecule is COc1ccc(S(=O)(=O)Nc2cccnc2Br)cc1Cl. The zero-order valence-electron chi connectivity index (χ0n) is 10.3. The molecule has 1 aromatic carbocycles. The molecule has 0 amide bonds. The molecular formula is C12H10BrClN2O3S. The van der Waals surface area contributed by atoms with Gasteiger partial charge in [-0.2, -0.15) is 0 Å². The molecule has 0 aliphatic carbocycles. The number of hydrogen-bond acceptors (Lipinski definition) is 4. The van der Waals surface area contributed by atoms with Gasteiger partial charge in [0.25, 0.3) is 10.0 Å². The molecule has 20 heavy (non-hydrogen) atoms. The van der Waals surface area contributed by atoms with Crippen LogP contribution in [-0.4, -0.2) is 20.5 Å². The van der Waals surface area contributed by atoms with Crippen LogP contribution in [0.25, 0.3) is 0 Å². The largest absolute Gasteiger partial charge is 0.495 e. The van der Waals surface area contributed by atoms with E-state index in [0.29, 0.717) is 16.0 Å². The Labute approximate surface area is 130 Å². The van der Waals surface area contributed by atoms with Crippen molar-refractivity contribution in [3.8, 4) is 5.75 Å². The number of nitrogens with one attached hydrogen (secondary N) is 1. The van der Waals surface area contributed by atoms with Crippen molar-refractivity contribution in [1.29, 1.82) is 0 Å². The highest BCUT2D eigenvalue weighted by Gasteiger charge is 2.17. The summed E-state index contributed by atoms with van der Waals surface area (Å²) in [6.07, 6.45) is 1.55. The van der Waals surface area contributed by atoms with Crippen molar-refractivity contribution in [2.75, 3.05) is 11.8 Å². The first-order valence-corrected chi connectivity index (χ1v) is 8.06. The lowest BCUT2D eigenvalue weighted by molar-refractivity contribution is 0.414. The number of pyridine rings is 1. The monoisotopic (exact) mass is 376 g/mol. The highest BCUT2D eigenvalue weighted by molar-refractivity contribution is 9.10. The summed E-state index contributed by atoms with van der Waals surface area (Å²) in [4.78, 5) is 3.99. The molecule has 1 heterocycles. The molecule has 0 bridgehead atoms. The lowest BCUT2D eigenvalue weighted by Gasteiger charge is -2.10. The standard InChI is InChI=1S/C12H10BrClN2O3S/c1-19-11-5-4-8(7-9(11)14)20(17,18)16-10-3-2-6-15-12(10)13/h2-7,16H,1H3. The fourth-order valence-electron chi connectivity index (χ4n) is 1.48. The van der Waals surface area contributed by atoms with Crippen LogP contribution in [0, 0.1) is 0 Å². The molecule has 8 heteroatoms. The third kappa shape index (κ3) is 3.23. The molecule has 0 spiro atoms. The van der Waals surface area contributed by atoms with Gasteiger partial charge in [0.05, 0.1) is 22.7 Å². The topological polar surface area (TPSA) is 68.3 Å². The fraction of sp³-hybridized carbons (Fsp3) is 0.0833. The minimum atomic E-state index is -3.74. The van der Waals surface area contributed by atoms with E-state index in [4.69, 9.17) is 16.3 Å². The van der Waals surface area contributed by atoms with E-state index >= 15 is 0 Å². The lowest BCUT2D eigenvalue weighted by atomic mass is 10.3. The summed E-state index contributed by atoms with van der Waals surface area (Å²) in [7, 11) is -2.28. The van der Waals surface area contributed by atoms with Crippen molar-refractivity contribution < 1.29 is 13.2 Å². The minimum absolute atomic E-state index is 0.0408. The Morgan fingerprint density at radius 2 is 2.10 bits per heavy atom. The Hall–Kier alpha value is -1.31. The number of rotatable bonds is 4. The molecule has 5 nitrogen and oxygen atoms in total. The molecule has 0 aliphatic rings. The smallest absolute Gasteiger partial charge is 0.262 e. The van der Waals surface area contributed by atoms with Gasteiger partial charge in [-0.25, -0.2) is 13.4 Å². The van der Waals surface area contributed by atoms with Gasteiger partial charge < -0.3 is 4.74 Å². The second-order valence-electron chi connectivity index (χ2n) is 3.74. The van der Waals surface area contributed by atoms with Gasteiger partial charge in [0.15, 0.2) is 0 Å². The van der Waals surface area contributed by atoms with Crippen molar-refractivity contribution in [2.45, 2.75) is 4.90 Å².